The van der Waals surface area contributed by atoms with E-state index in [0.717, 1.165) is 6.42 Å². The SMILES string of the molecule is CC(=O)C(C)(C)OCCC(C)(C)N(C)C. The topological polar surface area (TPSA) is 29.5 Å². The molecule has 90 valence electrons. The first-order valence-electron chi connectivity index (χ1n) is 5.42. The molecular formula is C12H25NO2. The number of hydrogen-bond donors (Lipinski definition) is 0. The Labute approximate surface area is 93.8 Å². The van der Waals surface area contributed by atoms with Crippen LogP contribution < -0.4 is 0 Å². The van der Waals surface area contributed by atoms with Crippen molar-refractivity contribution in [2.24, 2.45) is 0 Å². The predicted octanol–water partition coefficient (Wildman–Crippen LogP) is 2.10. The van der Waals surface area contributed by atoms with Crippen molar-refractivity contribution < 1.29 is 9.53 Å². The van der Waals surface area contributed by atoms with Crippen LogP contribution in [0.5, 0.6) is 0 Å². The summed E-state index contributed by atoms with van der Waals surface area (Å²) < 4.78 is 5.60. The summed E-state index contributed by atoms with van der Waals surface area (Å²) in [7, 11) is 4.10. The molecule has 0 rings (SSSR count). The van der Waals surface area contributed by atoms with Crippen LogP contribution in [0.4, 0.5) is 0 Å². The van der Waals surface area contributed by atoms with Crippen molar-refractivity contribution in [2.45, 2.75) is 52.2 Å². The first-order chi connectivity index (χ1) is 6.59. The third kappa shape index (κ3) is 4.76. The van der Waals surface area contributed by atoms with Gasteiger partial charge in [-0.3, -0.25) is 4.79 Å². The summed E-state index contributed by atoms with van der Waals surface area (Å²) in [6.45, 7) is 10.1. The van der Waals surface area contributed by atoms with E-state index < -0.39 is 5.60 Å². The largest absolute Gasteiger partial charge is 0.368 e. The van der Waals surface area contributed by atoms with E-state index >= 15 is 0 Å². The average molecular weight is 215 g/mol. The number of rotatable bonds is 6. The molecule has 0 fully saturated rings. The Morgan fingerprint density at radius 1 is 1.20 bits per heavy atom. The van der Waals surface area contributed by atoms with Crippen LogP contribution in [0.1, 0.15) is 41.0 Å². The highest BCUT2D eigenvalue weighted by Gasteiger charge is 2.26. The number of carbonyl (C=O) groups excluding carboxylic acids is 1. The molecule has 0 bridgehead atoms. The second-order valence-corrected chi connectivity index (χ2v) is 5.37. The summed E-state index contributed by atoms with van der Waals surface area (Å²) in [6, 6.07) is 0. The van der Waals surface area contributed by atoms with Gasteiger partial charge >= 0.3 is 0 Å². The molecule has 0 N–H and O–H groups in total. The normalized spacial score (nSPS) is 13.3. The third-order valence-electron chi connectivity index (χ3n) is 3.24. The molecule has 0 spiro atoms. The van der Waals surface area contributed by atoms with Crippen molar-refractivity contribution in [1.82, 2.24) is 4.90 Å². The van der Waals surface area contributed by atoms with Crippen LogP contribution in [-0.4, -0.2) is 42.5 Å². The standard InChI is InChI=1S/C12H25NO2/c1-10(14)12(4,5)15-9-8-11(2,3)13(6)7/h8-9H2,1-7H3. The van der Waals surface area contributed by atoms with Crippen molar-refractivity contribution >= 4 is 5.78 Å². The minimum absolute atomic E-state index is 0.0742. The minimum atomic E-state index is -0.650. The summed E-state index contributed by atoms with van der Waals surface area (Å²) in [5.41, 5.74) is -0.546. The molecule has 0 amide bonds. The number of carbonyl (C=O) groups is 1. The summed E-state index contributed by atoms with van der Waals surface area (Å²) in [5.74, 6) is 0.0742. The van der Waals surface area contributed by atoms with Gasteiger partial charge in [-0.15, -0.1) is 0 Å². The van der Waals surface area contributed by atoms with E-state index in [4.69, 9.17) is 4.74 Å². The maximum absolute atomic E-state index is 11.2. The molecule has 0 aromatic heterocycles. The van der Waals surface area contributed by atoms with Gasteiger partial charge in [-0.1, -0.05) is 0 Å². The Kier molecular flexibility index (Phi) is 4.94. The summed E-state index contributed by atoms with van der Waals surface area (Å²) in [6.07, 6.45) is 0.913. The molecule has 3 nitrogen and oxygen atoms in total. The lowest BCUT2D eigenvalue weighted by molar-refractivity contribution is -0.138. The van der Waals surface area contributed by atoms with Gasteiger partial charge in [0.1, 0.15) is 5.60 Å². The maximum atomic E-state index is 11.2. The Morgan fingerprint density at radius 2 is 1.67 bits per heavy atom. The number of hydrogen-bond acceptors (Lipinski definition) is 3. The van der Waals surface area contributed by atoms with Gasteiger partial charge < -0.3 is 9.64 Å². The lowest BCUT2D eigenvalue weighted by Crippen LogP contribution is -2.41. The van der Waals surface area contributed by atoms with Crippen molar-refractivity contribution in [1.29, 1.82) is 0 Å². The quantitative estimate of drug-likeness (QED) is 0.679. The average Bonchev–Trinajstić information content (AvgIpc) is 2.02. The van der Waals surface area contributed by atoms with Crippen LogP contribution in [-0.2, 0) is 9.53 Å². The second kappa shape index (κ2) is 5.08. The van der Waals surface area contributed by atoms with Gasteiger partial charge in [0, 0.05) is 12.1 Å². The van der Waals surface area contributed by atoms with Gasteiger partial charge in [-0.25, -0.2) is 0 Å². The lowest BCUT2D eigenvalue weighted by atomic mass is 9.99. The fourth-order valence-electron chi connectivity index (χ4n) is 0.881. The number of nitrogens with zero attached hydrogens (tertiary/aromatic N) is 1. The van der Waals surface area contributed by atoms with Gasteiger partial charge in [0.05, 0.1) is 0 Å². The summed E-state index contributed by atoms with van der Waals surface area (Å²) in [5, 5.41) is 0. The van der Waals surface area contributed by atoms with Crippen molar-refractivity contribution in [3.8, 4) is 0 Å². The van der Waals surface area contributed by atoms with Crippen LogP contribution in [0.2, 0.25) is 0 Å². The van der Waals surface area contributed by atoms with Crippen molar-refractivity contribution in [3.63, 3.8) is 0 Å². The molecule has 0 aromatic carbocycles. The molecular weight excluding hydrogens is 190 g/mol. The molecule has 15 heavy (non-hydrogen) atoms. The first-order valence-corrected chi connectivity index (χ1v) is 5.42. The monoisotopic (exact) mass is 215 g/mol. The summed E-state index contributed by atoms with van der Waals surface area (Å²) in [4.78, 5) is 13.4. The van der Waals surface area contributed by atoms with Gasteiger partial charge in [-0.2, -0.15) is 0 Å². The smallest absolute Gasteiger partial charge is 0.160 e. The fraction of sp³-hybridized carbons (Fsp3) is 0.917. The number of ether oxygens (including phenoxy) is 1. The van der Waals surface area contributed by atoms with Crippen LogP contribution in [0, 0.1) is 0 Å². The van der Waals surface area contributed by atoms with Gasteiger partial charge in [0.25, 0.3) is 0 Å². The Bertz CT molecular complexity index is 220. The van der Waals surface area contributed by atoms with E-state index in [1.807, 2.05) is 13.8 Å². The van der Waals surface area contributed by atoms with E-state index in [-0.39, 0.29) is 11.3 Å². The van der Waals surface area contributed by atoms with Crippen LogP contribution in [0.3, 0.4) is 0 Å². The molecule has 0 saturated carbocycles. The van der Waals surface area contributed by atoms with Gasteiger partial charge in [0.15, 0.2) is 5.78 Å². The molecule has 0 aliphatic rings. The zero-order chi connectivity index (χ0) is 12.3. The molecule has 3 heteroatoms. The molecule has 0 unspecified atom stereocenters. The molecule has 0 aromatic rings. The van der Waals surface area contributed by atoms with E-state index in [1.165, 1.54) is 0 Å². The van der Waals surface area contributed by atoms with Crippen LogP contribution in [0.15, 0.2) is 0 Å². The van der Waals surface area contributed by atoms with Crippen LogP contribution >= 0.6 is 0 Å². The summed E-state index contributed by atoms with van der Waals surface area (Å²) >= 11 is 0. The third-order valence-corrected chi connectivity index (χ3v) is 3.24. The molecule has 0 saturated heterocycles. The highest BCUT2D eigenvalue weighted by Crippen LogP contribution is 2.18. The highest BCUT2D eigenvalue weighted by atomic mass is 16.5. The van der Waals surface area contributed by atoms with E-state index in [9.17, 15) is 4.79 Å². The molecule has 0 heterocycles. The zero-order valence-corrected chi connectivity index (χ0v) is 11.2. The van der Waals surface area contributed by atoms with E-state index in [2.05, 4.69) is 32.8 Å². The molecule has 0 aliphatic heterocycles. The molecule has 0 atom stereocenters. The van der Waals surface area contributed by atoms with E-state index in [1.54, 1.807) is 6.92 Å². The first kappa shape index (κ1) is 14.6. The maximum Gasteiger partial charge on any atom is 0.160 e. The predicted molar refractivity (Wildman–Crippen MR) is 63.1 cm³/mol. The minimum Gasteiger partial charge on any atom is -0.368 e. The molecule has 0 radical (unpaired) electrons. The Balaban J connectivity index is 4.05. The van der Waals surface area contributed by atoms with E-state index in [0.29, 0.717) is 6.61 Å². The van der Waals surface area contributed by atoms with Crippen LogP contribution in [0.25, 0.3) is 0 Å². The van der Waals surface area contributed by atoms with Gasteiger partial charge in [0.2, 0.25) is 0 Å². The zero-order valence-electron chi connectivity index (χ0n) is 11.2. The van der Waals surface area contributed by atoms with Crippen molar-refractivity contribution in [2.75, 3.05) is 20.7 Å². The van der Waals surface area contributed by atoms with Gasteiger partial charge in [-0.05, 0) is 55.1 Å². The second-order valence-electron chi connectivity index (χ2n) is 5.37. The number of ketones is 1. The highest BCUT2D eigenvalue weighted by molar-refractivity contribution is 5.83. The van der Waals surface area contributed by atoms with Crippen molar-refractivity contribution in [3.05, 3.63) is 0 Å². The number of Topliss-reactive ketones (excluding diaryl/α,β-unsaturated/α-hetero) is 1. The Morgan fingerprint density at radius 3 is 2.00 bits per heavy atom. The lowest BCUT2D eigenvalue weighted by Gasteiger charge is -2.33. The molecule has 0 aliphatic carbocycles. The fourth-order valence-corrected chi connectivity index (χ4v) is 0.881. The Hall–Kier alpha value is -0.410.